The standard InChI is InChI=1S/C17H14ClN3O6S/c1-26-14-5-3-10(6-15(14)28(20,24)25)17(23)27-9-16(22)21-12-4-2-11(8-19)13(18)7-12/h2-7H,9H2,1H3,(H,21,22)(H2,20,24,25). The summed E-state index contributed by atoms with van der Waals surface area (Å²) in [6, 6.07) is 9.66. The Hall–Kier alpha value is -3.13. The average molecular weight is 424 g/mol. The molecule has 0 bridgehead atoms. The van der Waals surface area contributed by atoms with Crippen molar-refractivity contribution >= 4 is 39.2 Å². The van der Waals surface area contributed by atoms with E-state index in [4.69, 9.17) is 31.5 Å². The number of anilines is 1. The summed E-state index contributed by atoms with van der Waals surface area (Å²) in [5.74, 6) is -1.62. The van der Waals surface area contributed by atoms with Gasteiger partial charge in [0.15, 0.2) is 6.61 Å². The lowest BCUT2D eigenvalue weighted by atomic mass is 10.2. The molecule has 0 aliphatic carbocycles. The second-order valence-electron chi connectivity index (χ2n) is 5.34. The number of esters is 1. The van der Waals surface area contributed by atoms with Crippen LogP contribution in [0.1, 0.15) is 15.9 Å². The molecule has 3 N–H and O–H groups in total. The van der Waals surface area contributed by atoms with Crippen LogP contribution in [0.25, 0.3) is 0 Å². The van der Waals surface area contributed by atoms with Crippen molar-refractivity contribution in [3.63, 3.8) is 0 Å². The van der Waals surface area contributed by atoms with Crippen LogP contribution in [0.3, 0.4) is 0 Å². The number of nitrogens with zero attached hydrogens (tertiary/aromatic N) is 1. The molecule has 0 aliphatic heterocycles. The summed E-state index contributed by atoms with van der Waals surface area (Å²) >= 11 is 5.87. The number of nitriles is 1. The van der Waals surface area contributed by atoms with Crippen molar-refractivity contribution < 1.29 is 27.5 Å². The third-order valence-electron chi connectivity index (χ3n) is 3.41. The average Bonchev–Trinajstić information content (AvgIpc) is 2.65. The van der Waals surface area contributed by atoms with E-state index in [9.17, 15) is 18.0 Å². The van der Waals surface area contributed by atoms with Crippen molar-refractivity contribution in [2.45, 2.75) is 4.90 Å². The summed E-state index contributed by atoms with van der Waals surface area (Å²) in [5, 5.41) is 16.5. The molecule has 0 spiro atoms. The van der Waals surface area contributed by atoms with Crippen molar-refractivity contribution in [3.8, 4) is 11.8 Å². The van der Waals surface area contributed by atoms with Crippen molar-refractivity contribution in [2.24, 2.45) is 5.14 Å². The van der Waals surface area contributed by atoms with Crippen molar-refractivity contribution in [2.75, 3.05) is 19.0 Å². The summed E-state index contributed by atoms with van der Waals surface area (Å²) < 4.78 is 32.9. The smallest absolute Gasteiger partial charge is 0.338 e. The van der Waals surface area contributed by atoms with E-state index in [1.54, 1.807) is 0 Å². The van der Waals surface area contributed by atoms with E-state index in [0.29, 0.717) is 5.69 Å². The Labute approximate surface area is 165 Å². The van der Waals surface area contributed by atoms with Gasteiger partial charge in [0.1, 0.15) is 16.7 Å². The van der Waals surface area contributed by atoms with Crippen LogP contribution < -0.4 is 15.2 Å². The minimum absolute atomic E-state index is 0.0329. The zero-order valence-electron chi connectivity index (χ0n) is 14.4. The van der Waals surface area contributed by atoms with Gasteiger partial charge in [-0.2, -0.15) is 5.26 Å². The Kier molecular flexibility index (Phi) is 6.58. The predicted octanol–water partition coefficient (Wildman–Crippen LogP) is 1.66. The molecule has 0 radical (unpaired) electrons. The molecule has 0 heterocycles. The third kappa shape index (κ3) is 5.20. The maximum Gasteiger partial charge on any atom is 0.338 e. The highest BCUT2D eigenvalue weighted by atomic mass is 35.5. The Morgan fingerprint density at radius 3 is 2.54 bits per heavy atom. The van der Waals surface area contributed by atoms with Crippen LogP contribution in [0.2, 0.25) is 5.02 Å². The molecule has 2 aromatic carbocycles. The zero-order chi connectivity index (χ0) is 20.9. The molecule has 0 fully saturated rings. The quantitative estimate of drug-likeness (QED) is 0.671. The first-order chi connectivity index (χ1) is 13.2. The number of halogens is 1. The Bertz CT molecular complexity index is 1080. The van der Waals surface area contributed by atoms with Crippen LogP contribution >= 0.6 is 11.6 Å². The van der Waals surface area contributed by atoms with Crippen molar-refractivity contribution in [3.05, 3.63) is 52.5 Å². The molecular weight excluding hydrogens is 410 g/mol. The molecule has 0 saturated carbocycles. The van der Waals surface area contributed by atoms with Crippen LogP contribution in [0.4, 0.5) is 5.69 Å². The van der Waals surface area contributed by atoms with Gasteiger partial charge in [0.2, 0.25) is 10.0 Å². The number of ether oxygens (including phenoxy) is 2. The van der Waals surface area contributed by atoms with E-state index in [-0.39, 0.29) is 26.8 Å². The normalized spacial score (nSPS) is 10.6. The van der Waals surface area contributed by atoms with Gasteiger partial charge >= 0.3 is 5.97 Å². The highest BCUT2D eigenvalue weighted by molar-refractivity contribution is 7.89. The number of rotatable bonds is 6. The number of sulfonamides is 1. The van der Waals surface area contributed by atoms with Crippen LogP contribution in [-0.2, 0) is 19.6 Å². The van der Waals surface area contributed by atoms with Gasteiger partial charge in [-0.05, 0) is 36.4 Å². The maximum absolute atomic E-state index is 12.1. The van der Waals surface area contributed by atoms with E-state index < -0.39 is 28.5 Å². The minimum Gasteiger partial charge on any atom is -0.495 e. The third-order valence-corrected chi connectivity index (χ3v) is 4.66. The van der Waals surface area contributed by atoms with E-state index in [0.717, 1.165) is 6.07 Å². The minimum atomic E-state index is -4.13. The summed E-state index contributed by atoms with van der Waals surface area (Å²) in [7, 11) is -2.88. The Morgan fingerprint density at radius 1 is 1.25 bits per heavy atom. The summed E-state index contributed by atoms with van der Waals surface area (Å²) in [6.45, 7) is -0.632. The first-order valence-electron chi connectivity index (χ1n) is 7.53. The fourth-order valence-electron chi connectivity index (χ4n) is 2.12. The second-order valence-corrected chi connectivity index (χ2v) is 7.28. The van der Waals surface area contributed by atoms with E-state index in [1.165, 1.54) is 37.4 Å². The van der Waals surface area contributed by atoms with Gasteiger partial charge in [-0.25, -0.2) is 18.4 Å². The molecule has 9 nitrogen and oxygen atoms in total. The number of nitrogens with two attached hydrogens (primary N) is 1. The monoisotopic (exact) mass is 423 g/mol. The predicted molar refractivity (Wildman–Crippen MR) is 99.4 cm³/mol. The fraction of sp³-hybridized carbons (Fsp3) is 0.118. The first-order valence-corrected chi connectivity index (χ1v) is 9.45. The molecule has 146 valence electrons. The summed E-state index contributed by atoms with van der Waals surface area (Å²) in [4.78, 5) is 23.6. The number of carbonyl (C=O) groups is 2. The molecule has 0 atom stereocenters. The molecule has 28 heavy (non-hydrogen) atoms. The molecule has 0 aliphatic rings. The lowest BCUT2D eigenvalue weighted by Gasteiger charge is -2.10. The van der Waals surface area contributed by atoms with Crippen LogP contribution in [0.15, 0.2) is 41.3 Å². The van der Waals surface area contributed by atoms with Gasteiger partial charge in [-0.1, -0.05) is 11.6 Å². The molecule has 1 amide bonds. The van der Waals surface area contributed by atoms with Gasteiger partial charge in [0.05, 0.1) is 23.3 Å². The molecule has 11 heteroatoms. The topological polar surface area (TPSA) is 149 Å². The maximum atomic E-state index is 12.1. The number of nitrogens with one attached hydrogen (secondary N) is 1. The van der Waals surface area contributed by atoms with Gasteiger partial charge in [0.25, 0.3) is 5.91 Å². The Morgan fingerprint density at radius 2 is 1.96 bits per heavy atom. The van der Waals surface area contributed by atoms with Crippen LogP contribution in [0, 0.1) is 11.3 Å². The van der Waals surface area contributed by atoms with E-state index in [1.807, 2.05) is 6.07 Å². The zero-order valence-corrected chi connectivity index (χ0v) is 16.0. The molecule has 2 rings (SSSR count). The highest BCUT2D eigenvalue weighted by Gasteiger charge is 2.19. The lowest BCUT2D eigenvalue weighted by Crippen LogP contribution is -2.21. The molecule has 0 aromatic heterocycles. The highest BCUT2D eigenvalue weighted by Crippen LogP contribution is 2.24. The summed E-state index contributed by atoms with van der Waals surface area (Å²) in [6.07, 6.45) is 0. The van der Waals surface area contributed by atoms with Gasteiger partial charge in [0, 0.05) is 5.69 Å². The van der Waals surface area contributed by atoms with Gasteiger partial charge in [-0.15, -0.1) is 0 Å². The van der Waals surface area contributed by atoms with Crippen LogP contribution in [-0.4, -0.2) is 34.0 Å². The van der Waals surface area contributed by atoms with Crippen LogP contribution in [0.5, 0.6) is 5.75 Å². The number of amides is 1. The fourth-order valence-corrected chi connectivity index (χ4v) is 3.07. The molecule has 0 unspecified atom stereocenters. The number of primary sulfonamides is 1. The second kappa shape index (κ2) is 8.71. The number of hydrogen-bond donors (Lipinski definition) is 2. The number of benzene rings is 2. The van der Waals surface area contributed by atoms with Gasteiger partial charge in [-0.3, -0.25) is 4.79 Å². The number of methoxy groups -OCH3 is 1. The van der Waals surface area contributed by atoms with E-state index >= 15 is 0 Å². The largest absolute Gasteiger partial charge is 0.495 e. The summed E-state index contributed by atoms with van der Waals surface area (Å²) in [5.41, 5.74) is 0.432. The van der Waals surface area contributed by atoms with Gasteiger partial charge < -0.3 is 14.8 Å². The number of hydrogen-bond acceptors (Lipinski definition) is 7. The number of carbonyl (C=O) groups excluding carboxylic acids is 2. The molecule has 0 saturated heterocycles. The van der Waals surface area contributed by atoms with Crippen molar-refractivity contribution in [1.29, 1.82) is 5.26 Å². The van der Waals surface area contributed by atoms with Crippen molar-refractivity contribution in [1.82, 2.24) is 0 Å². The SMILES string of the molecule is COc1ccc(C(=O)OCC(=O)Nc2ccc(C#N)c(Cl)c2)cc1S(N)(=O)=O. The van der Waals surface area contributed by atoms with E-state index in [2.05, 4.69) is 5.32 Å². The Balaban J connectivity index is 2.05. The molecular formula is C17H14ClN3O6S. The lowest BCUT2D eigenvalue weighted by molar-refractivity contribution is -0.119. The molecule has 2 aromatic rings. The first kappa shape index (κ1) is 21.2.